The van der Waals surface area contributed by atoms with Crippen molar-refractivity contribution in [1.29, 1.82) is 0 Å². The summed E-state index contributed by atoms with van der Waals surface area (Å²) in [5.74, 6) is -24.6. The summed E-state index contributed by atoms with van der Waals surface area (Å²) in [6.45, 7) is -0.0757. The Morgan fingerprint density at radius 3 is 1.30 bits per heavy atom. The molecular weight excluding hydrogens is 1330 g/mol. The maximum absolute atomic E-state index is 15.4. The van der Waals surface area contributed by atoms with Gasteiger partial charge < -0.3 is 61.6 Å². The molecule has 1 aliphatic carbocycles. The van der Waals surface area contributed by atoms with Crippen LogP contribution in [0.4, 0.5) is 26.7 Å². The Morgan fingerprint density at radius 2 is 0.810 bits per heavy atom. The van der Waals surface area contributed by atoms with Crippen molar-refractivity contribution in [2.45, 2.75) is 107 Å². The summed E-state index contributed by atoms with van der Waals surface area (Å²) in [6.07, 6.45) is -24.4. The third-order valence-corrected chi connectivity index (χ3v) is 16.5. The first-order valence-electron chi connectivity index (χ1n) is 31.1. The van der Waals surface area contributed by atoms with E-state index in [9.17, 15) is 56.3 Å². The van der Waals surface area contributed by atoms with Crippen LogP contribution in [0.2, 0.25) is 0 Å². The Hall–Kier alpha value is -10.9. The van der Waals surface area contributed by atoms with Crippen molar-refractivity contribution < 1.29 is 127 Å². The van der Waals surface area contributed by atoms with Crippen LogP contribution in [-0.2, 0) is 76.0 Å². The Balaban J connectivity index is 1.02. The number of benzene rings is 7. The third kappa shape index (κ3) is 15.8. The minimum absolute atomic E-state index is 0.0197. The number of fused-ring (bicyclic) bond motifs is 3. The van der Waals surface area contributed by atoms with Crippen LogP contribution in [0, 0.1) is 29.1 Å². The van der Waals surface area contributed by atoms with E-state index < -0.39 is 201 Å². The molecule has 0 bridgehead atoms. The van der Waals surface area contributed by atoms with Crippen molar-refractivity contribution in [2.24, 2.45) is 0 Å². The van der Waals surface area contributed by atoms with Crippen molar-refractivity contribution in [2.75, 3.05) is 26.4 Å². The van der Waals surface area contributed by atoms with E-state index in [4.69, 9.17) is 61.6 Å². The largest absolute Gasteiger partial charge is 0.463 e. The molecule has 520 valence electrons. The standard InChI is InChI=1S/C72H60F5NO22/c1-37(79)88-35-51-58(91-38(2)80)61(92-39(3)81)64(70(94-51)93-44-32-50(69(86)97-60-56(76)54(74)53(73)55(75)57(60)77)78(33-44)72(87)90-34-49-47-30-18-16-28-45(47)46-29-17-19-31-48(46)49)100-71-63(99-68(85)43-26-14-7-15-27-43)62(98-67(84)42-24-12-6-13-25-42)59(96-66(83)41-22-10-5-11-23-41)52(95-71)36-89-65(82)40-20-8-4-9-21-40/h4-31,44,49-52,58-59,61-64,70-71H,32-36H2,1-3H3/t44-,50+,51-,52-,58-,59-,61+,62+,63+,64+,70+,71-/m1/s1. The van der Waals surface area contributed by atoms with Gasteiger partial charge >= 0.3 is 53.8 Å². The van der Waals surface area contributed by atoms with Crippen molar-refractivity contribution in [3.05, 3.63) is 232 Å². The molecule has 0 unspecified atom stereocenters. The topological polar surface area (TPSA) is 277 Å². The molecule has 7 aromatic carbocycles. The highest BCUT2D eigenvalue weighted by atomic mass is 19.2. The number of hydrogen-bond donors (Lipinski definition) is 0. The molecule has 1 amide bonds. The fourth-order valence-corrected chi connectivity index (χ4v) is 11.9. The lowest BCUT2D eigenvalue weighted by Gasteiger charge is -2.49. The number of likely N-dealkylation sites (tertiary alicyclic amines) is 1. The minimum Gasteiger partial charge on any atom is -0.463 e. The predicted molar refractivity (Wildman–Crippen MR) is 331 cm³/mol. The normalized spacial score (nSPS) is 22.9. The summed E-state index contributed by atoms with van der Waals surface area (Å²) in [5, 5.41) is 0. The molecule has 28 heteroatoms. The highest BCUT2D eigenvalue weighted by molar-refractivity contribution is 5.92. The molecule has 7 aromatic rings. The highest BCUT2D eigenvalue weighted by Gasteiger charge is 2.59. The molecular formula is C72H60F5NO22. The number of esters is 8. The van der Waals surface area contributed by atoms with Crippen LogP contribution in [-0.4, -0.2) is 159 Å². The molecule has 100 heavy (non-hydrogen) atoms. The van der Waals surface area contributed by atoms with Crippen LogP contribution in [0.25, 0.3) is 11.1 Å². The lowest BCUT2D eigenvalue weighted by Crippen LogP contribution is -2.67. The van der Waals surface area contributed by atoms with Gasteiger partial charge in [0.15, 0.2) is 49.2 Å². The molecule has 23 nitrogen and oxygen atoms in total. The second kappa shape index (κ2) is 31.3. The smallest absolute Gasteiger partial charge is 0.410 e. The van der Waals surface area contributed by atoms with E-state index >= 15 is 8.78 Å². The lowest BCUT2D eigenvalue weighted by atomic mass is 9.96. The molecule has 4 aliphatic rings. The monoisotopic (exact) mass is 1390 g/mol. The summed E-state index contributed by atoms with van der Waals surface area (Å²) in [5.41, 5.74) is 2.82. The van der Waals surface area contributed by atoms with Gasteiger partial charge in [0.1, 0.15) is 38.1 Å². The zero-order chi connectivity index (χ0) is 70.9. The van der Waals surface area contributed by atoms with Gasteiger partial charge in [-0.3, -0.25) is 19.3 Å². The molecule has 12 atom stereocenters. The first kappa shape index (κ1) is 70.4. The second-order valence-electron chi connectivity index (χ2n) is 23.1. The molecule has 0 saturated carbocycles. The molecule has 0 spiro atoms. The van der Waals surface area contributed by atoms with Gasteiger partial charge in [0.2, 0.25) is 34.8 Å². The zero-order valence-electron chi connectivity index (χ0n) is 53.0. The van der Waals surface area contributed by atoms with E-state index in [-0.39, 0.29) is 22.3 Å². The van der Waals surface area contributed by atoms with E-state index in [1.807, 2.05) is 12.1 Å². The Kier molecular flexibility index (Phi) is 22.0. The Labute approximate surface area is 565 Å². The predicted octanol–water partition coefficient (Wildman–Crippen LogP) is 9.49. The average Bonchev–Trinajstić information content (AvgIpc) is 1.39. The quantitative estimate of drug-likeness (QED) is 0.0162. The fraction of sp³-hybridized carbons (Fsp3) is 0.292. The van der Waals surface area contributed by atoms with E-state index in [1.54, 1.807) is 60.7 Å². The van der Waals surface area contributed by atoms with Crippen molar-refractivity contribution in [1.82, 2.24) is 4.90 Å². The minimum atomic E-state index is -2.58. The Morgan fingerprint density at radius 1 is 0.410 bits per heavy atom. The molecule has 3 saturated heterocycles. The second-order valence-corrected chi connectivity index (χ2v) is 23.1. The maximum Gasteiger partial charge on any atom is 0.410 e. The summed E-state index contributed by atoms with van der Waals surface area (Å²) < 4.78 is 153. The summed E-state index contributed by atoms with van der Waals surface area (Å²) >= 11 is 0. The van der Waals surface area contributed by atoms with Gasteiger partial charge in [0.25, 0.3) is 0 Å². The third-order valence-electron chi connectivity index (χ3n) is 16.5. The van der Waals surface area contributed by atoms with Gasteiger partial charge in [-0.1, -0.05) is 121 Å². The number of nitrogens with zero attached hydrogens (tertiary/aromatic N) is 1. The van der Waals surface area contributed by atoms with E-state index in [1.165, 1.54) is 97.1 Å². The number of halogens is 5. The Bertz CT molecular complexity index is 4120. The average molecular weight is 1390 g/mol. The van der Waals surface area contributed by atoms with E-state index in [2.05, 4.69) is 0 Å². The van der Waals surface area contributed by atoms with Crippen molar-refractivity contribution >= 4 is 53.8 Å². The molecule has 0 N–H and O–H groups in total. The van der Waals surface area contributed by atoms with E-state index in [0.717, 1.165) is 43.0 Å². The van der Waals surface area contributed by atoms with Gasteiger partial charge in [0, 0.05) is 33.1 Å². The summed E-state index contributed by atoms with van der Waals surface area (Å²) in [4.78, 5) is 127. The molecule has 11 rings (SSSR count). The first-order valence-corrected chi connectivity index (χ1v) is 31.1. The summed E-state index contributed by atoms with van der Waals surface area (Å²) in [7, 11) is 0. The van der Waals surface area contributed by atoms with Crippen molar-refractivity contribution in [3.8, 4) is 16.9 Å². The van der Waals surface area contributed by atoms with Crippen molar-refractivity contribution in [3.63, 3.8) is 0 Å². The van der Waals surface area contributed by atoms with Gasteiger partial charge in [0.05, 0.1) is 34.9 Å². The number of hydrogen-bond acceptors (Lipinski definition) is 22. The SMILES string of the molecule is CC(=O)OC[C@H]1O[C@H](O[C@@H]2C[C@@H](C(=O)Oc3c(F)c(F)c(F)c(F)c3F)N(C(=O)OCC3c4ccccc4-c4ccccc43)C2)[C@@H](O[C@H]2O[C@H](COC(=O)c3ccccc3)[C@@H](OC(=O)c3ccccc3)[C@H](OC(=O)c3ccccc3)[C@@H]2OC(=O)c2ccccc2)[C@@H](OC(C)=O)[C@@H]1OC(C)=O. The van der Waals surface area contributed by atoms with Gasteiger partial charge in [-0.05, 0) is 70.8 Å². The van der Waals surface area contributed by atoms with Crippen LogP contribution >= 0.6 is 0 Å². The molecule has 3 heterocycles. The highest BCUT2D eigenvalue weighted by Crippen LogP contribution is 2.45. The van der Waals surface area contributed by atoms with Crippen LogP contribution < -0.4 is 4.74 Å². The molecule has 0 radical (unpaired) electrons. The lowest BCUT2D eigenvalue weighted by molar-refractivity contribution is -0.370. The number of rotatable bonds is 21. The number of ether oxygens (including phenoxy) is 13. The van der Waals surface area contributed by atoms with Gasteiger partial charge in [-0.15, -0.1) is 0 Å². The maximum atomic E-state index is 15.4. The van der Waals surface area contributed by atoms with Gasteiger partial charge in [-0.2, -0.15) is 8.78 Å². The molecule has 3 fully saturated rings. The van der Waals surface area contributed by atoms with Crippen LogP contribution in [0.3, 0.4) is 0 Å². The number of carbonyl (C=O) groups excluding carboxylic acids is 9. The summed E-state index contributed by atoms with van der Waals surface area (Å²) in [6, 6.07) is 41.7. The number of amides is 1. The molecule has 0 aromatic heterocycles. The number of carbonyl (C=O) groups is 9. The zero-order valence-corrected chi connectivity index (χ0v) is 53.0. The van der Waals surface area contributed by atoms with E-state index in [0.29, 0.717) is 4.90 Å². The van der Waals surface area contributed by atoms with Gasteiger partial charge in [-0.25, -0.2) is 41.9 Å². The fourth-order valence-electron chi connectivity index (χ4n) is 11.9. The molecule has 3 aliphatic heterocycles. The van der Waals surface area contributed by atoms with Crippen LogP contribution in [0.5, 0.6) is 5.75 Å². The van der Waals surface area contributed by atoms with Crippen LogP contribution in [0.1, 0.15) is 85.7 Å². The van der Waals surface area contributed by atoms with Crippen LogP contribution in [0.15, 0.2) is 170 Å². The first-order chi connectivity index (χ1) is 48.1.